The molecule has 0 amide bonds. The van der Waals surface area contributed by atoms with Gasteiger partial charge in [0, 0.05) is 30.2 Å². The predicted octanol–water partition coefficient (Wildman–Crippen LogP) is 1.76. The number of nitrogen functional groups attached to an aromatic ring is 1. The Morgan fingerprint density at radius 1 is 1.62 bits per heavy atom. The molecular formula is C10H18ClN3OS. The Morgan fingerprint density at radius 3 is 3.00 bits per heavy atom. The molecule has 2 heterocycles. The topological polar surface area (TPSA) is 51.4 Å². The van der Waals surface area contributed by atoms with Gasteiger partial charge >= 0.3 is 0 Å². The van der Waals surface area contributed by atoms with Crippen molar-refractivity contribution in [2.45, 2.75) is 32.5 Å². The van der Waals surface area contributed by atoms with E-state index in [1.165, 1.54) is 4.88 Å². The van der Waals surface area contributed by atoms with Gasteiger partial charge in [-0.05, 0) is 13.8 Å². The lowest BCUT2D eigenvalue weighted by atomic mass is 10.1. The molecule has 0 aromatic carbocycles. The first kappa shape index (κ1) is 13.7. The molecule has 1 aromatic rings. The number of aromatic nitrogens is 1. The molecule has 4 nitrogen and oxygen atoms in total. The van der Waals surface area contributed by atoms with Crippen molar-refractivity contribution in [3.05, 3.63) is 11.1 Å². The standard InChI is InChI=1S/C10H17N3OS.ClH/c1-7-8(2)14-4-3-13(7)6-9-5-12-10(11)15-9;/h5,7-8H,3-4,6H2,1-2H3,(H2,11,12);1H. The summed E-state index contributed by atoms with van der Waals surface area (Å²) in [5.41, 5.74) is 5.61. The number of morpholine rings is 1. The van der Waals surface area contributed by atoms with Crippen molar-refractivity contribution in [1.82, 2.24) is 9.88 Å². The second-order valence-corrected chi connectivity index (χ2v) is 5.10. The molecule has 2 rings (SSSR count). The fourth-order valence-corrected chi connectivity index (χ4v) is 2.52. The van der Waals surface area contributed by atoms with Gasteiger partial charge in [-0.2, -0.15) is 0 Å². The molecule has 2 N–H and O–H groups in total. The highest BCUT2D eigenvalue weighted by molar-refractivity contribution is 7.15. The first-order chi connectivity index (χ1) is 7.16. The lowest BCUT2D eigenvalue weighted by Gasteiger charge is -2.37. The maximum absolute atomic E-state index is 5.61. The number of halogens is 1. The van der Waals surface area contributed by atoms with Crippen molar-refractivity contribution < 1.29 is 4.74 Å². The van der Waals surface area contributed by atoms with Crippen LogP contribution in [0.15, 0.2) is 6.20 Å². The molecule has 1 fully saturated rings. The first-order valence-corrected chi connectivity index (χ1v) is 6.04. The quantitative estimate of drug-likeness (QED) is 0.883. The van der Waals surface area contributed by atoms with Crippen LogP contribution in [0.4, 0.5) is 5.13 Å². The molecule has 1 saturated heterocycles. The van der Waals surface area contributed by atoms with Crippen LogP contribution in [0.5, 0.6) is 0 Å². The number of thiazole rings is 1. The lowest BCUT2D eigenvalue weighted by molar-refractivity contribution is -0.0581. The summed E-state index contributed by atoms with van der Waals surface area (Å²) < 4.78 is 5.58. The summed E-state index contributed by atoms with van der Waals surface area (Å²) in [5.74, 6) is 0. The Kier molecular flexibility index (Phi) is 4.98. The van der Waals surface area contributed by atoms with Gasteiger partial charge in [0.25, 0.3) is 0 Å². The van der Waals surface area contributed by atoms with Crippen LogP contribution in [0.3, 0.4) is 0 Å². The van der Waals surface area contributed by atoms with Crippen LogP contribution in [0.1, 0.15) is 18.7 Å². The Morgan fingerprint density at radius 2 is 2.38 bits per heavy atom. The van der Waals surface area contributed by atoms with E-state index in [0.717, 1.165) is 19.7 Å². The largest absolute Gasteiger partial charge is 0.376 e. The summed E-state index contributed by atoms with van der Waals surface area (Å²) in [6.07, 6.45) is 2.18. The maximum Gasteiger partial charge on any atom is 0.180 e. The number of nitrogens with zero attached hydrogens (tertiary/aromatic N) is 2. The van der Waals surface area contributed by atoms with Crippen LogP contribution in [0, 0.1) is 0 Å². The molecule has 2 unspecified atom stereocenters. The summed E-state index contributed by atoms with van der Waals surface area (Å²) in [6.45, 7) is 7.07. The van der Waals surface area contributed by atoms with E-state index in [1.54, 1.807) is 11.3 Å². The van der Waals surface area contributed by atoms with Gasteiger partial charge in [0.1, 0.15) is 0 Å². The van der Waals surface area contributed by atoms with E-state index in [2.05, 4.69) is 23.7 Å². The third-order valence-electron chi connectivity index (χ3n) is 2.94. The van der Waals surface area contributed by atoms with E-state index in [4.69, 9.17) is 10.5 Å². The van der Waals surface area contributed by atoms with Crippen molar-refractivity contribution in [3.8, 4) is 0 Å². The summed E-state index contributed by atoms with van der Waals surface area (Å²) in [4.78, 5) is 7.71. The Labute approximate surface area is 106 Å². The summed E-state index contributed by atoms with van der Waals surface area (Å²) in [5, 5.41) is 0.652. The molecule has 0 aliphatic carbocycles. The normalized spacial score (nSPS) is 26.4. The highest BCUT2D eigenvalue weighted by Gasteiger charge is 2.25. The van der Waals surface area contributed by atoms with E-state index in [1.807, 2.05) is 6.20 Å². The molecule has 0 radical (unpaired) electrons. The molecule has 0 spiro atoms. The zero-order valence-corrected chi connectivity index (χ0v) is 11.2. The minimum atomic E-state index is 0. The number of ether oxygens (including phenoxy) is 1. The predicted molar refractivity (Wildman–Crippen MR) is 69.1 cm³/mol. The van der Waals surface area contributed by atoms with Gasteiger partial charge in [0.05, 0.1) is 12.7 Å². The molecular weight excluding hydrogens is 246 g/mol. The fraction of sp³-hybridized carbons (Fsp3) is 0.700. The number of hydrogen-bond acceptors (Lipinski definition) is 5. The van der Waals surface area contributed by atoms with E-state index in [0.29, 0.717) is 17.3 Å². The average molecular weight is 264 g/mol. The van der Waals surface area contributed by atoms with E-state index in [-0.39, 0.29) is 12.4 Å². The molecule has 2 atom stereocenters. The average Bonchev–Trinajstić information content (AvgIpc) is 2.59. The van der Waals surface area contributed by atoms with Gasteiger partial charge in [-0.1, -0.05) is 0 Å². The monoisotopic (exact) mass is 263 g/mol. The van der Waals surface area contributed by atoms with Crippen molar-refractivity contribution in [1.29, 1.82) is 0 Å². The van der Waals surface area contributed by atoms with E-state index < -0.39 is 0 Å². The van der Waals surface area contributed by atoms with Crippen LogP contribution in [0.25, 0.3) is 0 Å². The molecule has 1 aliphatic heterocycles. The Hall–Kier alpha value is -0.360. The van der Waals surface area contributed by atoms with Crippen LogP contribution in [0.2, 0.25) is 0 Å². The molecule has 6 heteroatoms. The van der Waals surface area contributed by atoms with Gasteiger partial charge in [-0.15, -0.1) is 23.7 Å². The summed E-state index contributed by atoms with van der Waals surface area (Å²) in [6, 6.07) is 0.460. The van der Waals surface area contributed by atoms with Crippen LogP contribution >= 0.6 is 23.7 Å². The highest BCUT2D eigenvalue weighted by Crippen LogP contribution is 2.21. The van der Waals surface area contributed by atoms with Gasteiger partial charge in [-0.3, -0.25) is 4.90 Å². The summed E-state index contributed by atoms with van der Waals surface area (Å²) in [7, 11) is 0. The van der Waals surface area contributed by atoms with Crippen molar-refractivity contribution >= 4 is 28.9 Å². The van der Waals surface area contributed by atoms with Crippen molar-refractivity contribution in [3.63, 3.8) is 0 Å². The van der Waals surface area contributed by atoms with Gasteiger partial charge in [-0.25, -0.2) is 4.98 Å². The zero-order valence-electron chi connectivity index (χ0n) is 9.55. The summed E-state index contributed by atoms with van der Waals surface area (Å²) >= 11 is 1.57. The van der Waals surface area contributed by atoms with Crippen molar-refractivity contribution in [2.24, 2.45) is 0 Å². The van der Waals surface area contributed by atoms with Crippen molar-refractivity contribution in [2.75, 3.05) is 18.9 Å². The second kappa shape index (κ2) is 5.82. The van der Waals surface area contributed by atoms with E-state index >= 15 is 0 Å². The molecule has 0 saturated carbocycles. The number of hydrogen-bond donors (Lipinski definition) is 1. The van der Waals surface area contributed by atoms with Gasteiger partial charge in [0.15, 0.2) is 5.13 Å². The molecule has 16 heavy (non-hydrogen) atoms. The zero-order chi connectivity index (χ0) is 10.8. The van der Waals surface area contributed by atoms with Gasteiger partial charge in [0.2, 0.25) is 0 Å². The van der Waals surface area contributed by atoms with E-state index in [9.17, 15) is 0 Å². The van der Waals surface area contributed by atoms with Gasteiger partial charge < -0.3 is 10.5 Å². The molecule has 0 bridgehead atoms. The van der Waals surface area contributed by atoms with Crippen LogP contribution in [-0.4, -0.2) is 35.2 Å². The highest BCUT2D eigenvalue weighted by atomic mass is 35.5. The molecule has 1 aromatic heterocycles. The molecule has 92 valence electrons. The Bertz CT molecular complexity index is 334. The third-order valence-corrected chi connectivity index (χ3v) is 3.76. The number of rotatable bonds is 2. The fourth-order valence-electron chi connectivity index (χ4n) is 1.81. The number of anilines is 1. The molecule has 1 aliphatic rings. The van der Waals surface area contributed by atoms with Crippen LogP contribution < -0.4 is 5.73 Å². The number of nitrogens with two attached hydrogens (primary N) is 1. The lowest BCUT2D eigenvalue weighted by Crippen LogP contribution is -2.47. The smallest absolute Gasteiger partial charge is 0.180 e. The minimum absolute atomic E-state index is 0. The van der Waals surface area contributed by atoms with Crippen LogP contribution in [-0.2, 0) is 11.3 Å². The maximum atomic E-state index is 5.61. The second-order valence-electron chi connectivity index (χ2n) is 3.95. The third kappa shape index (κ3) is 3.07. The minimum Gasteiger partial charge on any atom is -0.376 e. The Balaban J connectivity index is 0.00000128. The SMILES string of the molecule is CC1OCCN(Cc2cnc(N)s2)C1C.Cl. The first-order valence-electron chi connectivity index (χ1n) is 5.22.